The van der Waals surface area contributed by atoms with E-state index in [0.29, 0.717) is 10.7 Å². The van der Waals surface area contributed by atoms with Crippen molar-refractivity contribution in [2.24, 2.45) is 0 Å². The smallest absolute Gasteiger partial charge is 0.241 e. The summed E-state index contributed by atoms with van der Waals surface area (Å²) in [6, 6.07) is 0. The van der Waals surface area contributed by atoms with Crippen LogP contribution in [0.2, 0.25) is 0 Å². The van der Waals surface area contributed by atoms with Crippen molar-refractivity contribution in [3.8, 4) is 5.88 Å². The first-order valence-electron chi connectivity index (χ1n) is 3.79. The molecule has 1 amide bonds. The maximum absolute atomic E-state index is 11.5. The van der Waals surface area contributed by atoms with Crippen LogP contribution in [0.25, 0.3) is 0 Å². The number of aromatic nitrogens is 2. The molecule has 0 aromatic carbocycles. The molecule has 7 heteroatoms. The molecule has 6 nitrogen and oxygen atoms in total. The molecule has 74 valence electrons. The van der Waals surface area contributed by atoms with Gasteiger partial charge in [0.2, 0.25) is 11.8 Å². The highest BCUT2D eigenvalue weighted by Gasteiger charge is 2.26. The van der Waals surface area contributed by atoms with Crippen LogP contribution in [0, 0.1) is 0 Å². The summed E-state index contributed by atoms with van der Waals surface area (Å²) in [4.78, 5) is 18.7. The van der Waals surface area contributed by atoms with Gasteiger partial charge in [-0.15, -0.1) is 0 Å². The molecular formula is C7H7N3O3S. The summed E-state index contributed by atoms with van der Waals surface area (Å²) in [7, 11) is 0.0227. The van der Waals surface area contributed by atoms with E-state index in [1.54, 1.807) is 0 Å². The fourth-order valence-electron chi connectivity index (χ4n) is 1.15. The summed E-state index contributed by atoms with van der Waals surface area (Å²) in [6.07, 6.45) is 1.26. The Hall–Kier alpha value is -1.50. The molecule has 1 unspecified atom stereocenters. The summed E-state index contributed by atoms with van der Waals surface area (Å²) in [5.41, 5.74) is 0.310. The molecule has 1 atom stereocenters. The molecule has 1 N–H and O–H groups in total. The number of anilines is 1. The zero-order chi connectivity index (χ0) is 10.1. The number of amides is 1. The van der Waals surface area contributed by atoms with Crippen LogP contribution in [0.5, 0.6) is 5.88 Å². The molecule has 2 heterocycles. The van der Waals surface area contributed by atoms with Gasteiger partial charge in [0, 0.05) is 0 Å². The van der Waals surface area contributed by atoms with E-state index in [1.807, 2.05) is 0 Å². The molecule has 1 aromatic heterocycles. The van der Waals surface area contributed by atoms with Gasteiger partial charge in [-0.2, -0.15) is 4.98 Å². The van der Waals surface area contributed by atoms with Gasteiger partial charge in [-0.25, -0.2) is 4.98 Å². The molecule has 0 radical (unpaired) electrons. The highest BCUT2D eigenvalue weighted by molar-refractivity contribution is 7.86. The van der Waals surface area contributed by atoms with E-state index in [2.05, 4.69) is 15.3 Å². The minimum absolute atomic E-state index is 0.0623. The van der Waals surface area contributed by atoms with Crippen molar-refractivity contribution in [1.82, 2.24) is 9.97 Å². The molecule has 0 bridgehead atoms. The lowest BCUT2D eigenvalue weighted by Crippen LogP contribution is -2.27. The van der Waals surface area contributed by atoms with E-state index >= 15 is 0 Å². The van der Waals surface area contributed by atoms with Crippen LogP contribution in [0.3, 0.4) is 0 Å². The number of hydrogen-bond donors (Lipinski definition) is 1. The second-order valence-corrected chi connectivity index (χ2v) is 3.97. The average Bonchev–Trinajstić information content (AvgIpc) is 2.17. The van der Waals surface area contributed by atoms with Gasteiger partial charge < -0.3 is 10.1 Å². The zero-order valence-electron chi connectivity index (χ0n) is 7.31. The molecule has 1 aromatic rings. The maximum Gasteiger partial charge on any atom is 0.241 e. The number of nitrogens with zero attached hydrogens (tertiary/aromatic N) is 2. The lowest BCUT2D eigenvalue weighted by molar-refractivity contribution is -0.114. The zero-order valence-corrected chi connectivity index (χ0v) is 8.13. The van der Waals surface area contributed by atoms with Crippen LogP contribution in [0.4, 0.5) is 5.69 Å². The molecular weight excluding hydrogens is 206 g/mol. The summed E-state index contributed by atoms with van der Waals surface area (Å²) in [6.45, 7) is 0. The summed E-state index contributed by atoms with van der Waals surface area (Å²) in [5.74, 6) is -0.145. The normalized spacial score (nSPS) is 19.8. The average molecular weight is 213 g/mol. The van der Waals surface area contributed by atoms with Crippen molar-refractivity contribution in [1.29, 1.82) is 0 Å². The minimum Gasteiger partial charge on any atom is -0.479 e. The van der Waals surface area contributed by atoms with Gasteiger partial charge in [0.05, 0.1) is 17.9 Å². The van der Waals surface area contributed by atoms with Gasteiger partial charge in [-0.3, -0.25) is 9.00 Å². The van der Waals surface area contributed by atoms with Crippen molar-refractivity contribution < 1.29 is 13.7 Å². The number of ether oxygens (including phenoxy) is 1. The van der Waals surface area contributed by atoms with E-state index in [-0.39, 0.29) is 17.5 Å². The molecule has 0 saturated carbocycles. The van der Waals surface area contributed by atoms with Crippen LogP contribution in [-0.2, 0) is 15.6 Å². The predicted octanol–water partition coefficient (Wildman–Crippen LogP) is -0.455. The summed E-state index contributed by atoms with van der Waals surface area (Å²) < 4.78 is 16.4. The Kier molecular flexibility index (Phi) is 2.16. The van der Waals surface area contributed by atoms with E-state index in [9.17, 15) is 9.00 Å². The molecule has 0 fully saturated rings. The molecule has 0 saturated heterocycles. The van der Waals surface area contributed by atoms with Gasteiger partial charge in [-0.1, -0.05) is 0 Å². The van der Waals surface area contributed by atoms with Gasteiger partial charge in [-0.05, 0) is 0 Å². The van der Waals surface area contributed by atoms with E-state index < -0.39 is 10.8 Å². The first-order valence-corrected chi connectivity index (χ1v) is 5.11. The quantitative estimate of drug-likeness (QED) is 0.639. The Bertz CT molecular complexity index is 421. The summed E-state index contributed by atoms with van der Waals surface area (Å²) in [5, 5.41) is 2.84. The van der Waals surface area contributed by atoms with Crippen molar-refractivity contribution in [3.05, 3.63) is 6.33 Å². The Morgan fingerprint density at radius 2 is 2.36 bits per heavy atom. The Balaban J connectivity index is 2.58. The molecule has 14 heavy (non-hydrogen) atoms. The number of nitrogens with one attached hydrogen (secondary N) is 1. The van der Waals surface area contributed by atoms with Crippen LogP contribution in [0.15, 0.2) is 11.4 Å². The number of rotatable bonds is 1. The van der Waals surface area contributed by atoms with Crippen molar-refractivity contribution >= 4 is 22.4 Å². The molecule has 2 rings (SSSR count). The van der Waals surface area contributed by atoms with E-state index in [4.69, 9.17) is 4.74 Å². The predicted molar refractivity (Wildman–Crippen MR) is 48.5 cm³/mol. The standard InChI is InChI=1S/C7H7N3O3S/c1-13-6-5-7(9-3-8-6)14(12)2-4(11)10-5/h3H,2H2,1H3,(H,10,11). The molecule has 1 aliphatic rings. The second kappa shape index (κ2) is 3.33. The van der Waals surface area contributed by atoms with E-state index in [0.717, 1.165) is 0 Å². The van der Waals surface area contributed by atoms with Gasteiger partial charge >= 0.3 is 0 Å². The first-order chi connectivity index (χ1) is 6.72. The fourth-order valence-corrected chi connectivity index (χ4v) is 2.13. The highest BCUT2D eigenvalue weighted by atomic mass is 32.2. The Labute approximate surface area is 82.2 Å². The number of carbonyl (C=O) groups is 1. The SMILES string of the molecule is COc1ncnc2c1NC(=O)CS2=O. The van der Waals surface area contributed by atoms with Gasteiger partial charge in [0.15, 0.2) is 5.03 Å². The number of carbonyl (C=O) groups excluding carboxylic acids is 1. The van der Waals surface area contributed by atoms with Crippen LogP contribution in [-0.4, -0.2) is 32.9 Å². The Morgan fingerprint density at radius 1 is 1.57 bits per heavy atom. The fraction of sp³-hybridized carbons (Fsp3) is 0.286. The van der Waals surface area contributed by atoms with Crippen molar-refractivity contribution in [3.63, 3.8) is 0 Å². The van der Waals surface area contributed by atoms with Crippen molar-refractivity contribution in [2.75, 3.05) is 18.2 Å². The molecule has 1 aliphatic heterocycles. The molecule has 0 spiro atoms. The van der Waals surface area contributed by atoms with Crippen molar-refractivity contribution in [2.45, 2.75) is 5.03 Å². The van der Waals surface area contributed by atoms with Gasteiger partial charge in [0.25, 0.3) is 0 Å². The van der Waals surface area contributed by atoms with Crippen LogP contribution in [0.1, 0.15) is 0 Å². The monoisotopic (exact) mass is 213 g/mol. The first kappa shape index (κ1) is 9.07. The maximum atomic E-state index is 11.5. The van der Waals surface area contributed by atoms with Crippen LogP contribution < -0.4 is 10.1 Å². The number of fused-ring (bicyclic) bond motifs is 1. The summed E-state index contributed by atoms with van der Waals surface area (Å²) >= 11 is 0. The lowest BCUT2D eigenvalue weighted by atomic mass is 10.4. The second-order valence-electron chi connectivity index (χ2n) is 2.60. The topological polar surface area (TPSA) is 81.2 Å². The third kappa shape index (κ3) is 1.35. The Morgan fingerprint density at radius 3 is 3.07 bits per heavy atom. The number of hydrogen-bond acceptors (Lipinski definition) is 5. The molecule has 0 aliphatic carbocycles. The van der Waals surface area contributed by atoms with Gasteiger partial charge in [0.1, 0.15) is 17.8 Å². The largest absolute Gasteiger partial charge is 0.479 e. The lowest BCUT2D eigenvalue weighted by Gasteiger charge is -2.16. The highest BCUT2D eigenvalue weighted by Crippen LogP contribution is 2.29. The third-order valence-corrected chi connectivity index (χ3v) is 2.98. The van der Waals surface area contributed by atoms with E-state index in [1.165, 1.54) is 13.4 Å². The minimum atomic E-state index is -1.40. The van der Waals surface area contributed by atoms with Crippen LogP contribution >= 0.6 is 0 Å². The number of methoxy groups -OCH3 is 1. The third-order valence-electron chi connectivity index (χ3n) is 1.71.